The van der Waals surface area contributed by atoms with E-state index >= 15 is 0 Å². The first-order valence-corrected chi connectivity index (χ1v) is 9.72. The van der Waals surface area contributed by atoms with Gasteiger partial charge in [-0.1, -0.05) is 42.5 Å². The third-order valence-corrected chi connectivity index (χ3v) is 6.01. The fourth-order valence-electron chi connectivity index (χ4n) is 4.72. The lowest BCUT2D eigenvalue weighted by molar-refractivity contribution is 0.496. The molecule has 0 fully saturated rings. The van der Waals surface area contributed by atoms with E-state index in [1.54, 1.807) is 0 Å². The Kier molecular flexibility index (Phi) is 3.10. The summed E-state index contributed by atoms with van der Waals surface area (Å²) in [6, 6.07) is 24.3. The summed E-state index contributed by atoms with van der Waals surface area (Å²) in [4.78, 5) is 9.40. The molecule has 138 valence electrons. The minimum Gasteiger partial charge on any atom is -0.361 e. The molecule has 4 heteroatoms. The molecule has 3 aliphatic rings. The smallest absolute Gasteiger partial charge is 0.0950 e. The molecule has 6 rings (SSSR count). The van der Waals surface area contributed by atoms with Crippen molar-refractivity contribution in [2.24, 2.45) is 0 Å². The first-order valence-electron chi connectivity index (χ1n) is 9.72. The highest BCUT2D eigenvalue weighted by Crippen LogP contribution is 2.49. The second-order valence-corrected chi connectivity index (χ2v) is 7.84. The van der Waals surface area contributed by atoms with E-state index in [0.717, 1.165) is 13.3 Å². The minimum atomic E-state index is 0.872. The number of rotatable bonds is 1. The van der Waals surface area contributed by atoms with E-state index in [0.29, 0.717) is 0 Å². The molecule has 3 heterocycles. The van der Waals surface area contributed by atoms with Crippen LogP contribution in [0.4, 0.5) is 22.7 Å². The number of anilines is 4. The maximum atomic E-state index is 2.44. The number of hydrogen-bond acceptors (Lipinski definition) is 4. The SMILES string of the molecule is CN1C=C2c3ccccc3-c3ccc(N4CN(C)c5ccccc54)cc3N2C1. The van der Waals surface area contributed by atoms with E-state index < -0.39 is 0 Å². The monoisotopic (exact) mass is 366 g/mol. The molecule has 4 nitrogen and oxygen atoms in total. The molecule has 0 aliphatic carbocycles. The molecule has 3 aliphatic heterocycles. The summed E-state index contributed by atoms with van der Waals surface area (Å²) in [7, 11) is 4.30. The highest BCUT2D eigenvalue weighted by Gasteiger charge is 2.32. The standard InChI is InChI=1S/C24H22N4/c1-25-14-24-19-8-4-3-7-18(19)20-12-11-17(13-23(20)28(24)15-25)27-16-26(2)21-9-5-6-10-22(21)27/h3-14H,15-16H2,1-2H3. The normalized spacial score (nSPS) is 16.6. The Hall–Kier alpha value is -3.40. The van der Waals surface area contributed by atoms with Gasteiger partial charge in [-0.2, -0.15) is 0 Å². The van der Waals surface area contributed by atoms with E-state index in [1.807, 2.05) is 0 Å². The summed E-state index contributed by atoms with van der Waals surface area (Å²) in [6.45, 7) is 1.76. The average Bonchev–Trinajstić information content (AvgIpc) is 3.28. The van der Waals surface area contributed by atoms with Crippen molar-refractivity contribution in [2.45, 2.75) is 0 Å². The molecule has 0 N–H and O–H groups in total. The quantitative estimate of drug-likeness (QED) is 0.606. The lowest BCUT2D eigenvalue weighted by Gasteiger charge is -2.32. The molecule has 0 saturated heterocycles. The Balaban J connectivity index is 1.52. The zero-order valence-electron chi connectivity index (χ0n) is 16.1. The molecule has 0 unspecified atom stereocenters. The van der Waals surface area contributed by atoms with Gasteiger partial charge in [0.15, 0.2) is 0 Å². The van der Waals surface area contributed by atoms with Crippen LogP contribution < -0.4 is 14.7 Å². The second kappa shape index (κ2) is 5.55. The van der Waals surface area contributed by atoms with Crippen LogP contribution in [0.3, 0.4) is 0 Å². The van der Waals surface area contributed by atoms with Crippen molar-refractivity contribution >= 4 is 28.4 Å². The van der Waals surface area contributed by atoms with Crippen LogP contribution in [0.2, 0.25) is 0 Å². The fraction of sp³-hybridized carbons (Fsp3) is 0.167. The zero-order chi connectivity index (χ0) is 18.8. The van der Waals surface area contributed by atoms with Gasteiger partial charge in [0.1, 0.15) is 0 Å². The van der Waals surface area contributed by atoms with E-state index in [2.05, 4.69) is 107 Å². The summed E-state index contributed by atoms with van der Waals surface area (Å²) in [5, 5.41) is 0. The van der Waals surface area contributed by atoms with Crippen LogP contribution in [-0.2, 0) is 0 Å². The summed E-state index contributed by atoms with van der Waals surface area (Å²) in [5.74, 6) is 0. The Labute approximate surface area is 165 Å². The maximum absolute atomic E-state index is 2.44. The molecule has 28 heavy (non-hydrogen) atoms. The molecule has 0 atom stereocenters. The average molecular weight is 366 g/mol. The van der Waals surface area contributed by atoms with Crippen molar-refractivity contribution in [3.05, 3.63) is 78.5 Å². The molecule has 0 bridgehead atoms. The number of nitrogens with zero attached hydrogens (tertiary/aromatic N) is 4. The van der Waals surface area contributed by atoms with Gasteiger partial charge in [-0.05, 0) is 29.8 Å². The highest BCUT2D eigenvalue weighted by atomic mass is 15.4. The fourth-order valence-corrected chi connectivity index (χ4v) is 4.72. The van der Waals surface area contributed by atoms with Gasteiger partial charge in [-0.25, -0.2) is 0 Å². The van der Waals surface area contributed by atoms with Crippen LogP contribution in [0.5, 0.6) is 0 Å². The third-order valence-electron chi connectivity index (χ3n) is 6.01. The van der Waals surface area contributed by atoms with Crippen LogP contribution in [0, 0.1) is 0 Å². The predicted octanol–water partition coefficient (Wildman–Crippen LogP) is 4.92. The van der Waals surface area contributed by atoms with Gasteiger partial charge < -0.3 is 19.6 Å². The highest BCUT2D eigenvalue weighted by molar-refractivity contribution is 6.01. The molecule has 0 amide bonds. The van der Waals surface area contributed by atoms with Crippen LogP contribution in [0.25, 0.3) is 16.8 Å². The van der Waals surface area contributed by atoms with Gasteiger partial charge in [0.05, 0.1) is 36.1 Å². The van der Waals surface area contributed by atoms with Crippen molar-refractivity contribution in [1.29, 1.82) is 0 Å². The Morgan fingerprint density at radius 2 is 1.39 bits per heavy atom. The summed E-state index contributed by atoms with van der Waals surface area (Å²) >= 11 is 0. The van der Waals surface area contributed by atoms with Crippen molar-refractivity contribution in [3.8, 4) is 11.1 Å². The van der Waals surface area contributed by atoms with Crippen molar-refractivity contribution in [1.82, 2.24) is 4.90 Å². The van der Waals surface area contributed by atoms with E-state index in [9.17, 15) is 0 Å². The zero-order valence-corrected chi connectivity index (χ0v) is 16.1. The molecular formula is C24H22N4. The second-order valence-electron chi connectivity index (χ2n) is 7.84. The van der Waals surface area contributed by atoms with Crippen LogP contribution in [-0.4, -0.2) is 32.3 Å². The lowest BCUT2D eigenvalue weighted by Crippen LogP contribution is -2.28. The number of para-hydroxylation sites is 2. The summed E-state index contributed by atoms with van der Waals surface area (Å²) in [6.07, 6.45) is 2.26. The van der Waals surface area contributed by atoms with Crippen molar-refractivity contribution < 1.29 is 0 Å². The third kappa shape index (κ3) is 2.06. The van der Waals surface area contributed by atoms with Gasteiger partial charge in [0, 0.05) is 37.1 Å². The minimum absolute atomic E-state index is 0.872. The molecule has 0 aromatic heterocycles. The van der Waals surface area contributed by atoms with Crippen LogP contribution >= 0.6 is 0 Å². The molecular weight excluding hydrogens is 344 g/mol. The Morgan fingerprint density at radius 3 is 2.25 bits per heavy atom. The number of fused-ring (bicyclic) bond motifs is 7. The van der Waals surface area contributed by atoms with Gasteiger partial charge >= 0.3 is 0 Å². The molecule has 3 aromatic rings. The lowest BCUT2D eigenvalue weighted by atomic mass is 9.91. The molecule has 0 saturated carbocycles. The van der Waals surface area contributed by atoms with E-state index in [-0.39, 0.29) is 0 Å². The van der Waals surface area contributed by atoms with E-state index in [4.69, 9.17) is 0 Å². The topological polar surface area (TPSA) is 13.0 Å². The summed E-state index contributed by atoms with van der Waals surface area (Å²) < 4.78 is 0. The number of hydrogen-bond donors (Lipinski definition) is 0. The molecule has 0 radical (unpaired) electrons. The van der Waals surface area contributed by atoms with Crippen LogP contribution in [0.1, 0.15) is 5.56 Å². The van der Waals surface area contributed by atoms with Gasteiger partial charge in [-0.3, -0.25) is 0 Å². The molecule has 0 spiro atoms. The maximum Gasteiger partial charge on any atom is 0.0950 e. The predicted molar refractivity (Wildman–Crippen MR) is 117 cm³/mol. The van der Waals surface area contributed by atoms with Gasteiger partial charge in [-0.15, -0.1) is 0 Å². The molecule has 3 aromatic carbocycles. The van der Waals surface area contributed by atoms with Gasteiger partial charge in [0.2, 0.25) is 0 Å². The first-order chi connectivity index (χ1) is 13.7. The Bertz CT molecular complexity index is 1130. The first kappa shape index (κ1) is 15.6. The van der Waals surface area contributed by atoms with Crippen molar-refractivity contribution in [3.63, 3.8) is 0 Å². The summed E-state index contributed by atoms with van der Waals surface area (Å²) in [5.41, 5.74) is 10.3. The van der Waals surface area contributed by atoms with E-state index in [1.165, 1.54) is 45.1 Å². The number of benzene rings is 3. The van der Waals surface area contributed by atoms with Crippen LogP contribution in [0.15, 0.2) is 72.9 Å². The van der Waals surface area contributed by atoms with Crippen molar-refractivity contribution in [2.75, 3.05) is 42.1 Å². The van der Waals surface area contributed by atoms with Gasteiger partial charge in [0.25, 0.3) is 0 Å². The Morgan fingerprint density at radius 1 is 0.643 bits per heavy atom. The largest absolute Gasteiger partial charge is 0.361 e.